The molecule has 0 radical (unpaired) electrons. The molecule has 0 aromatic heterocycles. The summed E-state index contributed by atoms with van der Waals surface area (Å²) in [5, 5.41) is 4.37. The van der Waals surface area contributed by atoms with Gasteiger partial charge in [0.15, 0.2) is 0 Å². The van der Waals surface area contributed by atoms with Gasteiger partial charge in [-0.05, 0) is 60.7 Å². The lowest BCUT2D eigenvalue weighted by molar-refractivity contribution is 0.762. The molecule has 3 heteroatoms. The van der Waals surface area contributed by atoms with E-state index in [1.54, 1.807) is 0 Å². The van der Waals surface area contributed by atoms with Crippen LogP contribution in [0.5, 0.6) is 0 Å². The summed E-state index contributed by atoms with van der Waals surface area (Å²) in [5.41, 5.74) is 5.07. The Morgan fingerprint density at radius 3 is 2.89 bits per heavy atom. The number of hydrogen-bond donors (Lipinski definition) is 1. The van der Waals surface area contributed by atoms with E-state index in [9.17, 15) is 0 Å². The van der Waals surface area contributed by atoms with Crippen LogP contribution < -0.4 is 5.32 Å². The molecule has 19 heavy (non-hydrogen) atoms. The van der Waals surface area contributed by atoms with Gasteiger partial charge in [-0.25, -0.2) is 0 Å². The molecule has 0 saturated carbocycles. The second kappa shape index (κ2) is 5.18. The second-order valence-corrected chi connectivity index (χ2v) is 6.38. The molecule has 0 spiro atoms. The normalized spacial score (nSPS) is 17.3. The minimum Gasteiger partial charge on any atom is -0.377 e. The van der Waals surface area contributed by atoms with E-state index in [2.05, 4.69) is 52.4 Å². The third kappa shape index (κ3) is 2.65. The van der Waals surface area contributed by atoms with Gasteiger partial charge in [0, 0.05) is 4.47 Å². The van der Waals surface area contributed by atoms with Crippen LogP contribution in [0.25, 0.3) is 0 Å². The number of aryl methyl sites for hydroxylation is 2. The molecule has 2 aromatic carbocycles. The molecule has 2 aromatic rings. The minimum atomic E-state index is 0.363. The van der Waals surface area contributed by atoms with E-state index in [1.165, 1.54) is 16.7 Å². The predicted octanol–water partition coefficient (Wildman–Crippen LogP) is 5.51. The lowest BCUT2D eigenvalue weighted by atomic mass is 10.1. The number of benzene rings is 2. The molecule has 1 nitrogen and oxygen atoms in total. The van der Waals surface area contributed by atoms with Crippen LogP contribution in [0, 0.1) is 6.92 Å². The number of nitrogens with one attached hydrogen (secondary N) is 1. The molecule has 1 aliphatic rings. The molecule has 1 unspecified atom stereocenters. The predicted molar refractivity (Wildman–Crippen MR) is 85.0 cm³/mol. The Balaban J connectivity index is 1.88. The fourth-order valence-corrected chi connectivity index (χ4v) is 3.25. The molecule has 0 heterocycles. The molecule has 1 atom stereocenters. The van der Waals surface area contributed by atoms with Crippen molar-refractivity contribution in [2.75, 3.05) is 5.32 Å². The molecule has 0 aliphatic heterocycles. The van der Waals surface area contributed by atoms with Crippen LogP contribution in [0.3, 0.4) is 0 Å². The van der Waals surface area contributed by atoms with Gasteiger partial charge in [-0.1, -0.05) is 39.7 Å². The van der Waals surface area contributed by atoms with E-state index in [0.29, 0.717) is 6.04 Å². The Morgan fingerprint density at radius 2 is 2.05 bits per heavy atom. The van der Waals surface area contributed by atoms with Gasteiger partial charge >= 0.3 is 0 Å². The number of hydrogen-bond acceptors (Lipinski definition) is 1. The van der Waals surface area contributed by atoms with Crippen molar-refractivity contribution in [3.8, 4) is 0 Å². The SMILES string of the molecule is Cc1ccc(Cl)c(NC2CCc3cc(Br)ccc32)c1. The summed E-state index contributed by atoms with van der Waals surface area (Å²) >= 11 is 9.79. The van der Waals surface area contributed by atoms with Crippen LogP contribution in [0.1, 0.15) is 29.2 Å². The quantitative estimate of drug-likeness (QED) is 0.762. The molecule has 98 valence electrons. The highest BCUT2D eigenvalue weighted by molar-refractivity contribution is 9.10. The standard InChI is InChI=1S/C16H15BrClN/c1-10-2-6-14(18)16(8-10)19-15-7-3-11-9-12(17)4-5-13(11)15/h2,4-6,8-9,15,19H,3,7H2,1H3. The van der Waals surface area contributed by atoms with Gasteiger partial charge in [-0.15, -0.1) is 0 Å². The molecule has 0 saturated heterocycles. The summed E-state index contributed by atoms with van der Waals surface area (Å²) in [4.78, 5) is 0. The summed E-state index contributed by atoms with van der Waals surface area (Å²) < 4.78 is 1.15. The van der Waals surface area contributed by atoms with Crippen molar-refractivity contribution >= 4 is 33.2 Å². The molecular weight excluding hydrogens is 322 g/mol. The van der Waals surface area contributed by atoms with Crippen molar-refractivity contribution in [1.29, 1.82) is 0 Å². The van der Waals surface area contributed by atoms with Crippen LogP contribution in [-0.4, -0.2) is 0 Å². The van der Waals surface area contributed by atoms with Gasteiger partial charge in [0.25, 0.3) is 0 Å². The molecule has 0 bridgehead atoms. The smallest absolute Gasteiger partial charge is 0.0637 e. The van der Waals surface area contributed by atoms with E-state index in [-0.39, 0.29) is 0 Å². The Labute approximate surface area is 127 Å². The van der Waals surface area contributed by atoms with E-state index in [4.69, 9.17) is 11.6 Å². The van der Waals surface area contributed by atoms with Crippen molar-refractivity contribution in [1.82, 2.24) is 0 Å². The lowest BCUT2D eigenvalue weighted by Gasteiger charge is -2.17. The van der Waals surface area contributed by atoms with Crippen molar-refractivity contribution < 1.29 is 0 Å². The summed E-state index contributed by atoms with van der Waals surface area (Å²) in [6, 6.07) is 13.0. The number of fused-ring (bicyclic) bond motifs is 1. The molecule has 3 rings (SSSR count). The van der Waals surface area contributed by atoms with Gasteiger partial charge < -0.3 is 5.32 Å². The van der Waals surface area contributed by atoms with Crippen LogP contribution in [0.2, 0.25) is 5.02 Å². The molecule has 1 aliphatic carbocycles. The monoisotopic (exact) mass is 335 g/mol. The highest BCUT2D eigenvalue weighted by atomic mass is 79.9. The summed E-state index contributed by atoms with van der Waals surface area (Å²) in [7, 11) is 0. The third-order valence-electron chi connectivity index (χ3n) is 3.63. The van der Waals surface area contributed by atoms with Crippen molar-refractivity contribution in [3.05, 3.63) is 62.6 Å². The van der Waals surface area contributed by atoms with Crippen molar-refractivity contribution in [2.24, 2.45) is 0 Å². The average Bonchev–Trinajstić information content (AvgIpc) is 2.76. The van der Waals surface area contributed by atoms with E-state index >= 15 is 0 Å². The van der Waals surface area contributed by atoms with E-state index in [1.807, 2.05) is 12.1 Å². The van der Waals surface area contributed by atoms with E-state index < -0.39 is 0 Å². The first kappa shape index (κ1) is 13.0. The first-order chi connectivity index (χ1) is 9.13. The Bertz CT molecular complexity index is 624. The minimum absolute atomic E-state index is 0.363. The number of rotatable bonds is 2. The summed E-state index contributed by atoms with van der Waals surface area (Å²) in [6.45, 7) is 2.08. The Hall–Kier alpha value is -0.990. The second-order valence-electron chi connectivity index (χ2n) is 5.06. The van der Waals surface area contributed by atoms with Gasteiger partial charge in [0.1, 0.15) is 0 Å². The van der Waals surface area contributed by atoms with Gasteiger partial charge in [-0.3, -0.25) is 0 Å². The molecule has 1 N–H and O–H groups in total. The van der Waals surface area contributed by atoms with Gasteiger partial charge in [-0.2, -0.15) is 0 Å². The van der Waals surface area contributed by atoms with Crippen LogP contribution >= 0.6 is 27.5 Å². The number of halogens is 2. The third-order valence-corrected chi connectivity index (χ3v) is 4.46. The zero-order valence-corrected chi connectivity index (χ0v) is 13.1. The fraction of sp³-hybridized carbons (Fsp3) is 0.250. The topological polar surface area (TPSA) is 12.0 Å². The maximum absolute atomic E-state index is 6.26. The average molecular weight is 337 g/mol. The fourth-order valence-electron chi connectivity index (χ4n) is 2.67. The van der Waals surface area contributed by atoms with Crippen molar-refractivity contribution in [3.63, 3.8) is 0 Å². The highest BCUT2D eigenvalue weighted by Crippen LogP contribution is 2.37. The first-order valence-electron chi connectivity index (χ1n) is 6.44. The largest absolute Gasteiger partial charge is 0.377 e. The molecular formula is C16H15BrClN. The summed E-state index contributed by atoms with van der Waals surface area (Å²) in [6.07, 6.45) is 2.24. The molecule has 0 fully saturated rings. The van der Waals surface area contributed by atoms with E-state index in [0.717, 1.165) is 28.0 Å². The lowest BCUT2D eigenvalue weighted by Crippen LogP contribution is -2.07. The highest BCUT2D eigenvalue weighted by Gasteiger charge is 2.22. The van der Waals surface area contributed by atoms with Gasteiger partial charge in [0.2, 0.25) is 0 Å². The van der Waals surface area contributed by atoms with Gasteiger partial charge in [0.05, 0.1) is 16.8 Å². The molecule has 0 amide bonds. The number of anilines is 1. The Morgan fingerprint density at radius 1 is 1.21 bits per heavy atom. The maximum atomic E-state index is 6.26. The zero-order chi connectivity index (χ0) is 13.4. The van der Waals surface area contributed by atoms with Crippen molar-refractivity contribution in [2.45, 2.75) is 25.8 Å². The summed E-state index contributed by atoms with van der Waals surface area (Å²) in [5.74, 6) is 0. The zero-order valence-electron chi connectivity index (χ0n) is 10.7. The first-order valence-corrected chi connectivity index (χ1v) is 7.61. The van der Waals surface area contributed by atoms with Crippen LogP contribution in [0.15, 0.2) is 40.9 Å². The maximum Gasteiger partial charge on any atom is 0.0637 e. The van der Waals surface area contributed by atoms with Crippen LogP contribution in [-0.2, 0) is 6.42 Å². The Kier molecular flexibility index (Phi) is 3.55. The van der Waals surface area contributed by atoms with Crippen LogP contribution in [0.4, 0.5) is 5.69 Å².